The minimum atomic E-state index is -0.226. The van der Waals surface area contributed by atoms with Crippen LogP contribution in [0.25, 0.3) is 0 Å². The molecule has 1 N–H and O–H groups in total. The summed E-state index contributed by atoms with van der Waals surface area (Å²) in [5.74, 6) is 0.900. The number of methoxy groups -OCH3 is 1. The van der Waals surface area contributed by atoms with Gasteiger partial charge in [0.1, 0.15) is 5.75 Å². The number of ether oxygens (including phenoxy) is 3. The Balaban J connectivity index is 2.37. The van der Waals surface area contributed by atoms with Crippen LogP contribution in [-0.2, 0) is 9.47 Å². The van der Waals surface area contributed by atoms with Crippen LogP contribution in [0.15, 0.2) is 24.3 Å². The molecule has 0 spiro atoms. The summed E-state index contributed by atoms with van der Waals surface area (Å²) in [4.78, 5) is 0. The van der Waals surface area contributed by atoms with Gasteiger partial charge in [-0.2, -0.15) is 0 Å². The molecule has 0 bridgehead atoms. The van der Waals surface area contributed by atoms with Gasteiger partial charge in [0.05, 0.1) is 18.8 Å². The van der Waals surface area contributed by atoms with Crippen molar-refractivity contribution in [1.82, 2.24) is 5.32 Å². The molecule has 0 aliphatic carbocycles. The molecular formula is C16H25NO3. The van der Waals surface area contributed by atoms with Crippen LogP contribution in [0.5, 0.6) is 5.75 Å². The summed E-state index contributed by atoms with van der Waals surface area (Å²) in [5.41, 5.74) is 0.920. The Hall–Kier alpha value is -1.10. The molecule has 1 aliphatic rings. The summed E-state index contributed by atoms with van der Waals surface area (Å²) >= 11 is 0. The fraction of sp³-hybridized carbons (Fsp3) is 0.625. The SMILES string of the molecule is CCOC1(C(NC)c2ccccc2OC)CCOCC1. The normalized spacial score (nSPS) is 19.6. The van der Waals surface area contributed by atoms with Gasteiger partial charge in [0.15, 0.2) is 0 Å². The van der Waals surface area contributed by atoms with Crippen molar-refractivity contribution in [3.05, 3.63) is 29.8 Å². The van der Waals surface area contributed by atoms with E-state index >= 15 is 0 Å². The van der Waals surface area contributed by atoms with Crippen LogP contribution in [0, 0.1) is 0 Å². The van der Waals surface area contributed by atoms with E-state index in [1.807, 2.05) is 32.2 Å². The van der Waals surface area contributed by atoms with Gasteiger partial charge in [-0.05, 0) is 20.0 Å². The summed E-state index contributed by atoms with van der Waals surface area (Å²) in [6.07, 6.45) is 1.79. The molecule has 1 heterocycles. The van der Waals surface area contributed by atoms with E-state index in [-0.39, 0.29) is 11.6 Å². The van der Waals surface area contributed by atoms with Crippen LogP contribution < -0.4 is 10.1 Å². The molecule has 1 unspecified atom stereocenters. The van der Waals surface area contributed by atoms with Crippen molar-refractivity contribution in [2.75, 3.05) is 34.0 Å². The molecule has 0 radical (unpaired) electrons. The lowest BCUT2D eigenvalue weighted by Crippen LogP contribution is -2.49. The van der Waals surface area contributed by atoms with Gasteiger partial charge in [-0.15, -0.1) is 0 Å². The third-order valence-corrected chi connectivity index (χ3v) is 4.04. The van der Waals surface area contributed by atoms with Gasteiger partial charge in [-0.25, -0.2) is 0 Å². The van der Waals surface area contributed by atoms with Gasteiger partial charge in [-0.3, -0.25) is 0 Å². The molecule has 1 fully saturated rings. The summed E-state index contributed by atoms with van der Waals surface area (Å²) in [7, 11) is 3.69. The average molecular weight is 279 g/mol. The fourth-order valence-corrected chi connectivity index (χ4v) is 3.13. The standard InChI is InChI=1S/C16H25NO3/c1-4-20-16(9-11-19-12-10-16)15(17-2)13-7-5-6-8-14(13)18-3/h5-8,15,17H,4,9-12H2,1-3H3. The minimum Gasteiger partial charge on any atom is -0.496 e. The third-order valence-electron chi connectivity index (χ3n) is 4.04. The maximum Gasteiger partial charge on any atom is 0.123 e. The molecule has 1 atom stereocenters. The number of hydrogen-bond acceptors (Lipinski definition) is 4. The van der Waals surface area contributed by atoms with Crippen molar-refractivity contribution in [3.63, 3.8) is 0 Å². The van der Waals surface area contributed by atoms with Gasteiger partial charge in [-0.1, -0.05) is 18.2 Å². The van der Waals surface area contributed by atoms with Crippen LogP contribution in [0.1, 0.15) is 31.4 Å². The maximum absolute atomic E-state index is 6.18. The van der Waals surface area contributed by atoms with Gasteiger partial charge >= 0.3 is 0 Å². The monoisotopic (exact) mass is 279 g/mol. The zero-order chi connectivity index (χ0) is 14.4. The molecule has 0 aromatic heterocycles. The number of para-hydroxylation sites is 1. The first kappa shape index (κ1) is 15.3. The number of nitrogens with one attached hydrogen (secondary N) is 1. The van der Waals surface area contributed by atoms with Gasteiger partial charge < -0.3 is 19.5 Å². The highest BCUT2D eigenvalue weighted by molar-refractivity contribution is 5.37. The van der Waals surface area contributed by atoms with Crippen LogP contribution in [-0.4, -0.2) is 39.6 Å². The molecule has 0 amide bonds. The summed E-state index contributed by atoms with van der Waals surface area (Å²) in [6.45, 7) is 4.24. The lowest BCUT2D eigenvalue weighted by atomic mass is 9.81. The molecule has 1 saturated heterocycles. The van der Waals surface area contributed by atoms with Crippen LogP contribution >= 0.6 is 0 Å². The topological polar surface area (TPSA) is 39.7 Å². The number of likely N-dealkylation sites (N-methyl/N-ethyl adjacent to an activating group) is 1. The van der Waals surface area contributed by atoms with E-state index in [9.17, 15) is 0 Å². The van der Waals surface area contributed by atoms with Crippen molar-refractivity contribution in [3.8, 4) is 5.75 Å². The van der Waals surface area contributed by atoms with E-state index in [1.165, 1.54) is 0 Å². The zero-order valence-electron chi connectivity index (χ0n) is 12.6. The summed E-state index contributed by atoms with van der Waals surface area (Å²) < 4.78 is 17.2. The van der Waals surface area contributed by atoms with Crippen molar-refractivity contribution < 1.29 is 14.2 Å². The molecule has 4 nitrogen and oxygen atoms in total. The van der Waals surface area contributed by atoms with Crippen molar-refractivity contribution in [2.45, 2.75) is 31.4 Å². The summed E-state index contributed by atoms with van der Waals surface area (Å²) in [6, 6.07) is 8.24. The molecule has 1 aromatic carbocycles. The molecule has 112 valence electrons. The Labute approximate surface area is 121 Å². The van der Waals surface area contributed by atoms with Crippen molar-refractivity contribution >= 4 is 0 Å². The quantitative estimate of drug-likeness (QED) is 0.868. The number of benzene rings is 1. The molecular weight excluding hydrogens is 254 g/mol. The third kappa shape index (κ3) is 2.97. The van der Waals surface area contributed by atoms with Crippen LogP contribution in [0.4, 0.5) is 0 Å². The largest absolute Gasteiger partial charge is 0.496 e. The Morgan fingerprint density at radius 3 is 2.60 bits per heavy atom. The minimum absolute atomic E-state index is 0.0995. The highest BCUT2D eigenvalue weighted by atomic mass is 16.5. The highest BCUT2D eigenvalue weighted by Crippen LogP contribution is 2.40. The molecule has 0 saturated carbocycles. The van der Waals surface area contributed by atoms with E-state index in [2.05, 4.69) is 11.4 Å². The Morgan fingerprint density at radius 2 is 2.00 bits per heavy atom. The number of hydrogen-bond donors (Lipinski definition) is 1. The Bertz CT molecular complexity index is 410. The Morgan fingerprint density at radius 1 is 1.30 bits per heavy atom. The lowest BCUT2D eigenvalue weighted by molar-refractivity contribution is -0.127. The second-order valence-corrected chi connectivity index (χ2v) is 5.07. The number of rotatable bonds is 6. The lowest BCUT2D eigenvalue weighted by Gasteiger charge is -2.43. The van der Waals surface area contributed by atoms with Gasteiger partial charge in [0, 0.05) is 38.2 Å². The Kier molecular flexibility index (Phi) is 5.40. The smallest absolute Gasteiger partial charge is 0.123 e. The van der Waals surface area contributed by atoms with Crippen LogP contribution in [0.2, 0.25) is 0 Å². The van der Waals surface area contributed by atoms with Crippen molar-refractivity contribution in [2.24, 2.45) is 0 Å². The van der Waals surface area contributed by atoms with Gasteiger partial charge in [0.25, 0.3) is 0 Å². The molecule has 4 heteroatoms. The molecule has 2 rings (SSSR count). The van der Waals surface area contributed by atoms with Crippen molar-refractivity contribution in [1.29, 1.82) is 0 Å². The average Bonchev–Trinajstić information content (AvgIpc) is 2.49. The van der Waals surface area contributed by atoms with E-state index in [4.69, 9.17) is 14.2 Å². The van der Waals surface area contributed by atoms with E-state index in [1.54, 1.807) is 7.11 Å². The first-order chi connectivity index (χ1) is 9.77. The molecule has 1 aliphatic heterocycles. The predicted octanol–water partition coefficient (Wildman–Crippen LogP) is 2.54. The molecule has 20 heavy (non-hydrogen) atoms. The fourth-order valence-electron chi connectivity index (χ4n) is 3.13. The summed E-state index contributed by atoms with van der Waals surface area (Å²) in [5, 5.41) is 3.43. The highest BCUT2D eigenvalue weighted by Gasteiger charge is 2.42. The zero-order valence-corrected chi connectivity index (χ0v) is 12.6. The van der Waals surface area contributed by atoms with E-state index in [0.29, 0.717) is 6.61 Å². The second-order valence-electron chi connectivity index (χ2n) is 5.07. The predicted molar refractivity (Wildman–Crippen MR) is 79.2 cm³/mol. The molecule has 1 aromatic rings. The first-order valence-electron chi connectivity index (χ1n) is 7.29. The van der Waals surface area contributed by atoms with Gasteiger partial charge in [0.2, 0.25) is 0 Å². The second kappa shape index (κ2) is 7.07. The first-order valence-corrected chi connectivity index (χ1v) is 7.29. The van der Waals surface area contributed by atoms with E-state index < -0.39 is 0 Å². The van der Waals surface area contributed by atoms with E-state index in [0.717, 1.165) is 37.4 Å². The maximum atomic E-state index is 6.18. The van der Waals surface area contributed by atoms with Crippen LogP contribution in [0.3, 0.4) is 0 Å².